The molecule has 0 saturated heterocycles. The fraction of sp³-hybridized carbons (Fsp3) is 0. The van der Waals surface area contributed by atoms with Gasteiger partial charge >= 0.3 is 101 Å². The van der Waals surface area contributed by atoms with E-state index >= 15 is 0 Å². The summed E-state index contributed by atoms with van der Waals surface area (Å²) in [5.74, 6) is 0. The molecular weight excluding hydrogens is 276 g/mol. The molecule has 0 aliphatic carbocycles. The number of hydrogen-bond donors (Lipinski definition) is 4. The van der Waals surface area contributed by atoms with Crippen LogP contribution >= 0.6 is 7.82 Å². The number of rotatable bonds is 0. The predicted octanol–water partition coefficient (Wildman–Crippen LogP) is -13.8. The van der Waals surface area contributed by atoms with Crippen LogP contribution in [-0.4, -0.2) is 12.1 Å². The van der Waals surface area contributed by atoms with E-state index in [1.54, 1.807) is 0 Å². The van der Waals surface area contributed by atoms with Gasteiger partial charge in [0, 0.05) is 0 Å². The maximum atomic E-state index is 9.00. The van der Waals surface area contributed by atoms with Gasteiger partial charge in [-0.05, 0) is 0 Å². The number of hydrogen-bond acceptors (Lipinski definition) is 6. The number of primary amides is 4. The van der Waals surface area contributed by atoms with Crippen LogP contribution in [0.5, 0.6) is 0 Å². The second-order valence-electron chi connectivity index (χ2n) is 1.25. The van der Waals surface area contributed by atoms with Crippen LogP contribution in [0.15, 0.2) is 0 Å². The maximum absolute atomic E-state index is 9.00. The average Bonchev–Trinajstić information content (AvgIpc) is 1.50. The SMILES string of the molecule is NC(N)=O.NC(N)=O.O=P([O-])([O-])[O-].[Na+].[Na+].[Na+]. The van der Waals surface area contributed by atoms with Crippen molar-refractivity contribution in [3.63, 3.8) is 0 Å². The summed E-state index contributed by atoms with van der Waals surface area (Å²) in [5, 5.41) is 0. The van der Waals surface area contributed by atoms with E-state index in [0.717, 1.165) is 0 Å². The zero-order chi connectivity index (χ0) is 11.7. The number of urea groups is 2. The van der Waals surface area contributed by atoms with Gasteiger partial charge in [0.15, 0.2) is 0 Å². The van der Waals surface area contributed by atoms with Crippen molar-refractivity contribution >= 4 is 19.9 Å². The Balaban J connectivity index is -0.0000000216. The summed E-state index contributed by atoms with van der Waals surface area (Å²) in [6.45, 7) is 0. The van der Waals surface area contributed by atoms with Gasteiger partial charge in [-0.15, -0.1) is 0 Å². The third-order valence-electron chi connectivity index (χ3n) is 0. The fourth-order valence-electron chi connectivity index (χ4n) is 0. The molecule has 0 aliphatic heterocycles. The van der Waals surface area contributed by atoms with Crippen molar-refractivity contribution in [1.82, 2.24) is 0 Å². The minimum Gasteiger partial charge on any atom is -0.822 e. The van der Waals surface area contributed by atoms with Gasteiger partial charge < -0.3 is 42.2 Å². The Morgan fingerprint density at radius 1 is 0.750 bits per heavy atom. The van der Waals surface area contributed by atoms with Crippen LogP contribution < -0.4 is 126 Å². The van der Waals surface area contributed by atoms with Crippen LogP contribution in [0.3, 0.4) is 0 Å². The van der Waals surface area contributed by atoms with Crippen LogP contribution in [0.2, 0.25) is 0 Å². The number of carbonyl (C=O) groups excluding carboxylic acids is 2. The molecule has 4 amide bonds. The van der Waals surface area contributed by atoms with Crippen LogP contribution in [0.1, 0.15) is 0 Å². The second-order valence-corrected chi connectivity index (χ2v) is 2.15. The molecule has 0 atom stereocenters. The van der Waals surface area contributed by atoms with Gasteiger partial charge in [0.2, 0.25) is 0 Å². The summed E-state index contributed by atoms with van der Waals surface area (Å²) in [6, 6.07) is -1.67. The molecule has 0 bridgehead atoms. The Bertz CT molecular complexity index is 182. The summed E-state index contributed by atoms with van der Waals surface area (Å²) in [4.78, 5) is 43.6. The summed E-state index contributed by atoms with van der Waals surface area (Å²) >= 11 is 0. The Labute approximate surface area is 158 Å². The monoisotopic (exact) mass is 284 g/mol. The van der Waals surface area contributed by atoms with Crippen LogP contribution in [0, 0.1) is 0 Å². The van der Waals surface area contributed by atoms with Gasteiger partial charge in [-0.2, -0.15) is 7.82 Å². The number of carbonyl (C=O) groups is 2. The molecular formula is C2H8N4Na3O6P. The van der Waals surface area contributed by atoms with Gasteiger partial charge in [-0.25, -0.2) is 9.59 Å². The molecule has 0 spiro atoms. The molecule has 0 heterocycles. The van der Waals surface area contributed by atoms with Crippen molar-refractivity contribution in [2.75, 3.05) is 0 Å². The molecule has 0 rings (SSSR count). The number of amides is 4. The number of nitrogens with two attached hydrogens (primary N) is 4. The zero-order valence-electron chi connectivity index (χ0n) is 9.21. The van der Waals surface area contributed by atoms with E-state index in [-0.39, 0.29) is 88.7 Å². The molecule has 16 heavy (non-hydrogen) atoms. The third-order valence-corrected chi connectivity index (χ3v) is 0. The Morgan fingerprint density at radius 2 is 0.750 bits per heavy atom. The minimum atomic E-state index is -5.39. The first kappa shape index (κ1) is 36.1. The predicted molar refractivity (Wildman–Crippen MR) is 35.1 cm³/mol. The van der Waals surface area contributed by atoms with Crippen molar-refractivity contribution in [3.8, 4) is 0 Å². The van der Waals surface area contributed by atoms with E-state index in [0.29, 0.717) is 0 Å². The van der Waals surface area contributed by atoms with Crippen molar-refractivity contribution in [2.24, 2.45) is 22.9 Å². The van der Waals surface area contributed by atoms with Crippen molar-refractivity contribution < 1.29 is 118 Å². The molecule has 0 radical (unpaired) electrons. The Kier molecular flexibility index (Phi) is 49.3. The van der Waals surface area contributed by atoms with E-state index in [4.69, 9.17) is 28.8 Å². The van der Waals surface area contributed by atoms with Crippen molar-refractivity contribution in [3.05, 3.63) is 0 Å². The van der Waals surface area contributed by atoms with Crippen molar-refractivity contribution in [1.29, 1.82) is 0 Å². The summed E-state index contributed by atoms with van der Waals surface area (Å²) < 4.78 is 8.55. The molecule has 0 aliphatic rings. The molecule has 0 aromatic heterocycles. The normalized spacial score (nSPS) is 6.69. The minimum absolute atomic E-state index is 0. The Hall–Kier alpha value is 1.65. The summed E-state index contributed by atoms with van der Waals surface area (Å²) in [7, 11) is -5.39. The molecule has 0 saturated carbocycles. The van der Waals surface area contributed by atoms with E-state index in [9.17, 15) is 0 Å². The molecule has 10 nitrogen and oxygen atoms in total. The van der Waals surface area contributed by atoms with Gasteiger partial charge in [0.1, 0.15) is 0 Å². The summed E-state index contributed by atoms with van der Waals surface area (Å²) in [6.07, 6.45) is 0. The van der Waals surface area contributed by atoms with Gasteiger partial charge in [0.05, 0.1) is 0 Å². The topological polar surface area (TPSA) is 224 Å². The first-order valence-corrected chi connectivity index (χ1v) is 3.75. The largest absolute Gasteiger partial charge is 1.00 e. The van der Waals surface area contributed by atoms with E-state index in [2.05, 4.69) is 22.9 Å². The molecule has 0 unspecified atom stereocenters. The fourth-order valence-corrected chi connectivity index (χ4v) is 0. The first-order valence-electron chi connectivity index (χ1n) is 2.29. The first-order chi connectivity index (χ1) is 5.46. The Morgan fingerprint density at radius 3 is 0.750 bits per heavy atom. The molecule has 80 valence electrons. The van der Waals surface area contributed by atoms with E-state index in [1.165, 1.54) is 0 Å². The maximum Gasteiger partial charge on any atom is 1.00 e. The standard InChI is InChI=1S/2CH4N2O.3Na.H3O4P/c2*2-1(3)4;;;;1-5(2,3)4/h2*(H4,2,3,4);;;;(H3,1,2,3,4)/q;;3*+1;/p-3. The second kappa shape index (κ2) is 21.9. The molecule has 0 aromatic carbocycles. The molecule has 14 heteroatoms. The third kappa shape index (κ3) is 1230. The van der Waals surface area contributed by atoms with Gasteiger partial charge in [-0.1, -0.05) is 0 Å². The molecule has 0 fully saturated rings. The number of phosphoric acid groups is 1. The quantitative estimate of drug-likeness (QED) is 0.249. The smallest absolute Gasteiger partial charge is 0.822 e. The van der Waals surface area contributed by atoms with Crippen LogP contribution in [0.25, 0.3) is 0 Å². The summed E-state index contributed by atoms with van der Waals surface area (Å²) in [5.41, 5.74) is 17.0. The molecule has 0 aromatic rings. The zero-order valence-corrected chi connectivity index (χ0v) is 16.1. The van der Waals surface area contributed by atoms with E-state index < -0.39 is 19.9 Å². The van der Waals surface area contributed by atoms with Crippen molar-refractivity contribution in [2.45, 2.75) is 0 Å². The van der Waals surface area contributed by atoms with Gasteiger partial charge in [0.25, 0.3) is 0 Å². The van der Waals surface area contributed by atoms with Crippen LogP contribution in [0.4, 0.5) is 9.59 Å². The van der Waals surface area contributed by atoms with Crippen LogP contribution in [-0.2, 0) is 4.57 Å². The molecule has 8 N–H and O–H groups in total. The van der Waals surface area contributed by atoms with E-state index in [1.807, 2.05) is 0 Å². The average molecular weight is 284 g/mol. The van der Waals surface area contributed by atoms with Gasteiger partial charge in [-0.3, -0.25) is 0 Å².